The number of halogens is 1. The van der Waals surface area contributed by atoms with Crippen LogP contribution in [-0.4, -0.2) is 62.6 Å². The normalized spacial score (nSPS) is 16.0. The highest BCUT2D eigenvalue weighted by molar-refractivity contribution is 14.0. The van der Waals surface area contributed by atoms with Crippen molar-refractivity contribution in [3.05, 3.63) is 35.9 Å². The van der Waals surface area contributed by atoms with Gasteiger partial charge in [-0.15, -0.1) is 24.0 Å². The fraction of sp³-hybridized carbons (Fsp3) is 0.667. The largest absolute Gasteiger partial charge is 0.356 e. The molecule has 0 bridgehead atoms. The summed E-state index contributed by atoms with van der Waals surface area (Å²) < 4.78 is 0. The van der Waals surface area contributed by atoms with Crippen LogP contribution >= 0.6 is 35.7 Å². The van der Waals surface area contributed by atoms with Gasteiger partial charge in [-0.3, -0.25) is 4.99 Å². The lowest BCUT2D eigenvalue weighted by Crippen LogP contribution is -2.39. The third kappa shape index (κ3) is 10.6. The number of likely N-dealkylation sites (tertiary alicyclic amines) is 1. The first kappa shape index (κ1) is 24.6. The van der Waals surface area contributed by atoms with E-state index >= 15 is 0 Å². The molecule has 1 aromatic carbocycles. The number of nitrogens with one attached hydrogen (secondary N) is 2. The summed E-state index contributed by atoms with van der Waals surface area (Å²) in [5.74, 6) is 2.91. The standard InChI is InChI=1S/C21H36N4S.HI/c1-22-21(24-13-17-26-2)23-12-6-7-14-25-15-10-20(11-16-25)18-19-8-4-3-5-9-19;/h3-5,8-9,20H,6-7,10-18H2,1-2H3,(H2,22,23,24);1H. The van der Waals surface area contributed by atoms with E-state index in [1.165, 1.54) is 57.3 Å². The predicted octanol–water partition coefficient (Wildman–Crippen LogP) is 3.87. The molecular weight excluding hydrogens is 467 g/mol. The second-order valence-electron chi connectivity index (χ2n) is 7.10. The molecule has 4 nitrogen and oxygen atoms in total. The van der Waals surface area contributed by atoms with Crippen molar-refractivity contribution >= 4 is 41.7 Å². The van der Waals surface area contributed by atoms with E-state index in [0.717, 1.165) is 30.7 Å². The molecule has 0 spiro atoms. The Morgan fingerprint density at radius 2 is 1.81 bits per heavy atom. The third-order valence-corrected chi connectivity index (χ3v) is 5.70. The number of thioether (sulfide) groups is 1. The monoisotopic (exact) mass is 504 g/mol. The van der Waals surface area contributed by atoms with Gasteiger partial charge in [0.05, 0.1) is 0 Å². The lowest BCUT2D eigenvalue weighted by molar-refractivity contribution is 0.181. The summed E-state index contributed by atoms with van der Waals surface area (Å²) in [7, 11) is 1.84. The molecule has 1 aliphatic heterocycles. The molecule has 154 valence electrons. The molecule has 6 heteroatoms. The second-order valence-corrected chi connectivity index (χ2v) is 8.09. The van der Waals surface area contributed by atoms with Crippen molar-refractivity contribution in [2.75, 3.05) is 51.8 Å². The molecule has 0 aromatic heterocycles. The van der Waals surface area contributed by atoms with E-state index in [2.05, 4.69) is 57.1 Å². The van der Waals surface area contributed by atoms with Crippen molar-refractivity contribution < 1.29 is 0 Å². The van der Waals surface area contributed by atoms with Crippen molar-refractivity contribution in [2.24, 2.45) is 10.9 Å². The van der Waals surface area contributed by atoms with Crippen LogP contribution in [0.2, 0.25) is 0 Å². The van der Waals surface area contributed by atoms with E-state index in [4.69, 9.17) is 0 Å². The molecule has 2 N–H and O–H groups in total. The molecule has 1 saturated heterocycles. The molecule has 1 fully saturated rings. The van der Waals surface area contributed by atoms with Crippen LogP contribution in [0.25, 0.3) is 0 Å². The smallest absolute Gasteiger partial charge is 0.191 e. The number of rotatable bonds is 10. The average molecular weight is 505 g/mol. The molecule has 0 aliphatic carbocycles. The summed E-state index contributed by atoms with van der Waals surface area (Å²) in [6.07, 6.45) is 8.53. The molecule has 2 rings (SSSR count). The Morgan fingerprint density at radius 1 is 1.11 bits per heavy atom. The summed E-state index contributed by atoms with van der Waals surface area (Å²) in [5.41, 5.74) is 1.50. The average Bonchev–Trinajstić information content (AvgIpc) is 2.68. The number of guanidine groups is 1. The molecule has 0 radical (unpaired) electrons. The third-order valence-electron chi connectivity index (χ3n) is 5.09. The highest BCUT2D eigenvalue weighted by atomic mass is 127. The molecule has 1 heterocycles. The van der Waals surface area contributed by atoms with E-state index < -0.39 is 0 Å². The minimum Gasteiger partial charge on any atom is -0.356 e. The van der Waals surface area contributed by atoms with Crippen LogP contribution in [0.1, 0.15) is 31.2 Å². The molecule has 27 heavy (non-hydrogen) atoms. The van der Waals surface area contributed by atoms with Gasteiger partial charge in [0.25, 0.3) is 0 Å². The number of hydrogen-bond acceptors (Lipinski definition) is 3. The van der Waals surface area contributed by atoms with E-state index in [1.807, 2.05) is 18.8 Å². The summed E-state index contributed by atoms with van der Waals surface area (Å²) >= 11 is 1.85. The molecule has 0 amide bonds. The van der Waals surface area contributed by atoms with Gasteiger partial charge >= 0.3 is 0 Å². The van der Waals surface area contributed by atoms with Gasteiger partial charge in [0.15, 0.2) is 5.96 Å². The Kier molecular flexibility index (Phi) is 14.1. The first-order valence-electron chi connectivity index (χ1n) is 10.0. The summed E-state index contributed by atoms with van der Waals surface area (Å²) in [6, 6.07) is 11.0. The van der Waals surface area contributed by atoms with Crippen LogP contribution in [0.5, 0.6) is 0 Å². The maximum Gasteiger partial charge on any atom is 0.191 e. The van der Waals surface area contributed by atoms with Gasteiger partial charge in [-0.25, -0.2) is 0 Å². The highest BCUT2D eigenvalue weighted by Gasteiger charge is 2.18. The van der Waals surface area contributed by atoms with Gasteiger partial charge in [0.2, 0.25) is 0 Å². The number of nitrogens with zero attached hydrogens (tertiary/aromatic N) is 2. The molecule has 0 unspecified atom stereocenters. The Bertz CT molecular complexity index is 504. The Balaban J connectivity index is 0.00000364. The first-order valence-corrected chi connectivity index (χ1v) is 11.4. The zero-order valence-corrected chi connectivity index (χ0v) is 20.1. The number of hydrogen-bond donors (Lipinski definition) is 2. The van der Waals surface area contributed by atoms with Gasteiger partial charge < -0.3 is 15.5 Å². The van der Waals surface area contributed by atoms with Crippen molar-refractivity contribution in [3.8, 4) is 0 Å². The SMILES string of the molecule is CN=C(NCCCCN1CCC(Cc2ccccc2)CC1)NCCSC.I. The Labute approximate surface area is 187 Å². The topological polar surface area (TPSA) is 39.7 Å². The lowest BCUT2D eigenvalue weighted by atomic mass is 9.90. The van der Waals surface area contributed by atoms with Crippen LogP contribution in [0, 0.1) is 5.92 Å². The quantitative estimate of drug-likeness (QED) is 0.220. The fourth-order valence-electron chi connectivity index (χ4n) is 3.52. The second kappa shape index (κ2) is 15.5. The van der Waals surface area contributed by atoms with Crippen LogP contribution in [0.4, 0.5) is 0 Å². The van der Waals surface area contributed by atoms with Crippen molar-refractivity contribution in [1.29, 1.82) is 0 Å². The van der Waals surface area contributed by atoms with Gasteiger partial charge in [0, 0.05) is 25.9 Å². The summed E-state index contributed by atoms with van der Waals surface area (Å²) in [5, 5.41) is 6.75. The minimum absolute atomic E-state index is 0. The lowest BCUT2D eigenvalue weighted by Gasteiger charge is -2.32. The maximum absolute atomic E-state index is 4.26. The minimum atomic E-state index is 0. The van der Waals surface area contributed by atoms with E-state index in [0.29, 0.717) is 0 Å². The van der Waals surface area contributed by atoms with Gasteiger partial charge in [-0.1, -0.05) is 30.3 Å². The number of aliphatic imine (C=N–C) groups is 1. The van der Waals surface area contributed by atoms with Crippen molar-refractivity contribution in [3.63, 3.8) is 0 Å². The van der Waals surface area contributed by atoms with Crippen LogP contribution in [0.3, 0.4) is 0 Å². The fourth-order valence-corrected chi connectivity index (χ4v) is 3.83. The molecule has 0 saturated carbocycles. The van der Waals surface area contributed by atoms with Crippen LogP contribution in [-0.2, 0) is 6.42 Å². The highest BCUT2D eigenvalue weighted by Crippen LogP contribution is 2.21. The zero-order valence-electron chi connectivity index (χ0n) is 17.0. The number of unbranched alkanes of at least 4 members (excludes halogenated alkanes) is 1. The zero-order chi connectivity index (χ0) is 18.5. The maximum atomic E-state index is 4.26. The van der Waals surface area contributed by atoms with Gasteiger partial charge in [0.1, 0.15) is 0 Å². The summed E-state index contributed by atoms with van der Waals surface area (Å²) in [4.78, 5) is 6.91. The van der Waals surface area contributed by atoms with Crippen LogP contribution < -0.4 is 10.6 Å². The molecule has 1 aliphatic rings. The number of benzene rings is 1. The van der Waals surface area contributed by atoms with E-state index in [-0.39, 0.29) is 24.0 Å². The van der Waals surface area contributed by atoms with E-state index in [1.54, 1.807) is 0 Å². The van der Waals surface area contributed by atoms with Crippen molar-refractivity contribution in [1.82, 2.24) is 15.5 Å². The molecule has 0 atom stereocenters. The predicted molar refractivity (Wildman–Crippen MR) is 132 cm³/mol. The number of piperidine rings is 1. The Morgan fingerprint density at radius 3 is 2.48 bits per heavy atom. The summed E-state index contributed by atoms with van der Waals surface area (Å²) in [6.45, 7) is 5.74. The van der Waals surface area contributed by atoms with Gasteiger partial charge in [-0.2, -0.15) is 11.8 Å². The van der Waals surface area contributed by atoms with Gasteiger partial charge in [-0.05, 0) is 69.5 Å². The molecule has 1 aromatic rings. The van der Waals surface area contributed by atoms with E-state index in [9.17, 15) is 0 Å². The Hall–Kier alpha value is -0.470. The van der Waals surface area contributed by atoms with Crippen LogP contribution in [0.15, 0.2) is 35.3 Å². The first-order chi connectivity index (χ1) is 12.8. The van der Waals surface area contributed by atoms with Crippen molar-refractivity contribution in [2.45, 2.75) is 32.1 Å². The molecular formula is C21H37IN4S.